The van der Waals surface area contributed by atoms with Gasteiger partial charge in [-0.2, -0.15) is 0 Å². The summed E-state index contributed by atoms with van der Waals surface area (Å²) < 4.78 is 1.41. The summed E-state index contributed by atoms with van der Waals surface area (Å²) in [5, 5.41) is 0.160. The molecule has 0 unspecified atom stereocenters. The maximum absolute atomic E-state index is 11.3. The SMILES string of the molecule is O=C1SCC/C1=C1/CC[Te]C1=O. The maximum atomic E-state index is 11.3. The molecule has 12 heavy (non-hydrogen) atoms. The van der Waals surface area contributed by atoms with Crippen molar-refractivity contribution in [3.8, 4) is 0 Å². The Hall–Kier alpha value is 0.220. The van der Waals surface area contributed by atoms with Gasteiger partial charge in [0.25, 0.3) is 0 Å². The first-order valence-electron chi connectivity index (χ1n) is 3.85. The Kier molecular flexibility index (Phi) is 2.59. The van der Waals surface area contributed by atoms with Gasteiger partial charge in [-0.25, -0.2) is 0 Å². The zero-order valence-electron chi connectivity index (χ0n) is 6.46. The predicted molar refractivity (Wildman–Crippen MR) is 49.3 cm³/mol. The summed E-state index contributed by atoms with van der Waals surface area (Å²) in [5.41, 5.74) is 1.75. The van der Waals surface area contributed by atoms with Gasteiger partial charge in [0, 0.05) is 0 Å². The van der Waals surface area contributed by atoms with Crippen LogP contribution in [0, 0.1) is 0 Å². The van der Waals surface area contributed by atoms with E-state index < -0.39 is 20.9 Å². The van der Waals surface area contributed by atoms with Crippen molar-refractivity contribution >= 4 is 41.6 Å². The van der Waals surface area contributed by atoms with Crippen LogP contribution in [0.3, 0.4) is 0 Å². The molecule has 0 bridgehead atoms. The topological polar surface area (TPSA) is 34.1 Å². The third-order valence-corrected chi connectivity index (χ3v) is 5.56. The van der Waals surface area contributed by atoms with Gasteiger partial charge in [-0.1, -0.05) is 0 Å². The van der Waals surface area contributed by atoms with Crippen molar-refractivity contribution in [3.63, 3.8) is 0 Å². The van der Waals surface area contributed by atoms with Gasteiger partial charge in [0.15, 0.2) is 0 Å². The van der Waals surface area contributed by atoms with E-state index in [1.54, 1.807) is 0 Å². The summed E-state index contributed by atoms with van der Waals surface area (Å²) in [6.45, 7) is 0. The fourth-order valence-corrected chi connectivity index (χ4v) is 4.85. The van der Waals surface area contributed by atoms with E-state index in [4.69, 9.17) is 0 Å². The van der Waals surface area contributed by atoms with Crippen LogP contribution in [-0.4, -0.2) is 35.6 Å². The fraction of sp³-hybridized carbons (Fsp3) is 0.500. The average Bonchev–Trinajstić information content (AvgIpc) is 2.59. The Bertz CT molecular complexity index is 255. The molecular weight excluding hydrogens is 288 g/mol. The summed E-state index contributed by atoms with van der Waals surface area (Å²) in [5.74, 6) is 0.880. The molecule has 2 rings (SSSR count). The van der Waals surface area contributed by atoms with E-state index >= 15 is 0 Å². The Balaban J connectivity index is 2.34. The van der Waals surface area contributed by atoms with Crippen LogP contribution >= 0.6 is 11.8 Å². The van der Waals surface area contributed by atoms with Gasteiger partial charge in [-0.3, -0.25) is 0 Å². The molecule has 2 aliphatic heterocycles. The van der Waals surface area contributed by atoms with Crippen molar-refractivity contribution in [2.24, 2.45) is 0 Å². The Labute approximate surface area is 85.2 Å². The molecule has 4 heteroatoms. The van der Waals surface area contributed by atoms with E-state index in [0.717, 1.165) is 34.2 Å². The molecule has 2 nitrogen and oxygen atoms in total. The van der Waals surface area contributed by atoms with E-state index in [2.05, 4.69) is 0 Å². The third kappa shape index (κ3) is 1.48. The Morgan fingerprint density at radius 1 is 1.17 bits per heavy atom. The van der Waals surface area contributed by atoms with E-state index in [1.807, 2.05) is 0 Å². The molecule has 0 N–H and O–H groups in total. The van der Waals surface area contributed by atoms with Crippen molar-refractivity contribution in [2.75, 3.05) is 5.75 Å². The van der Waals surface area contributed by atoms with Crippen LogP contribution in [0.25, 0.3) is 0 Å². The van der Waals surface area contributed by atoms with E-state index in [1.165, 1.54) is 11.8 Å². The quantitative estimate of drug-likeness (QED) is 0.494. The first kappa shape index (κ1) is 8.80. The minimum absolute atomic E-state index is 0.160. The van der Waals surface area contributed by atoms with Crippen LogP contribution in [0.15, 0.2) is 11.1 Å². The molecule has 0 aromatic heterocycles. The van der Waals surface area contributed by atoms with Gasteiger partial charge in [0.2, 0.25) is 0 Å². The molecule has 2 aliphatic rings. The van der Waals surface area contributed by atoms with Crippen LogP contribution in [0.4, 0.5) is 0 Å². The van der Waals surface area contributed by atoms with E-state index in [0.29, 0.717) is 3.83 Å². The molecule has 2 saturated heterocycles. The summed E-state index contributed by atoms with van der Waals surface area (Å²) in [7, 11) is 0. The summed E-state index contributed by atoms with van der Waals surface area (Å²) >= 11 is 0.938. The van der Waals surface area contributed by atoms with E-state index in [9.17, 15) is 9.59 Å². The number of allylic oxidation sites excluding steroid dienone is 1. The minimum atomic E-state index is -0.421. The van der Waals surface area contributed by atoms with Crippen molar-refractivity contribution in [1.82, 2.24) is 0 Å². The van der Waals surface area contributed by atoms with Gasteiger partial charge >= 0.3 is 85.4 Å². The molecule has 2 fully saturated rings. The molecule has 2 heterocycles. The first-order valence-corrected chi connectivity index (χ1v) is 7.65. The number of carbonyl (C=O) groups excluding carboxylic acids is 2. The summed E-state index contributed by atoms with van der Waals surface area (Å²) in [6, 6.07) is 0. The van der Waals surface area contributed by atoms with Gasteiger partial charge in [0.1, 0.15) is 0 Å². The second kappa shape index (κ2) is 3.53. The molecule has 0 saturated carbocycles. The van der Waals surface area contributed by atoms with Crippen LogP contribution < -0.4 is 0 Å². The molecule has 0 atom stereocenters. The van der Waals surface area contributed by atoms with Gasteiger partial charge in [-0.15, -0.1) is 0 Å². The van der Waals surface area contributed by atoms with E-state index in [-0.39, 0.29) is 5.12 Å². The fourth-order valence-electron chi connectivity index (χ4n) is 1.42. The zero-order chi connectivity index (χ0) is 8.55. The third-order valence-electron chi connectivity index (χ3n) is 2.03. The van der Waals surface area contributed by atoms with Crippen LogP contribution in [0.1, 0.15) is 12.8 Å². The molecule has 64 valence electrons. The van der Waals surface area contributed by atoms with Gasteiger partial charge in [-0.05, 0) is 0 Å². The van der Waals surface area contributed by atoms with Crippen molar-refractivity contribution in [1.29, 1.82) is 0 Å². The van der Waals surface area contributed by atoms with Gasteiger partial charge < -0.3 is 0 Å². The zero-order valence-corrected chi connectivity index (χ0v) is 9.61. The standard InChI is InChI=1S/C8H8O2STe/c9-7-5(1-3-11-7)6-2-4-12-8(6)10/h1-4H2/b6-5+. The van der Waals surface area contributed by atoms with Crippen LogP contribution in [0.2, 0.25) is 4.47 Å². The van der Waals surface area contributed by atoms with Crippen LogP contribution in [-0.2, 0) is 9.59 Å². The average molecular weight is 296 g/mol. The summed E-state index contributed by atoms with van der Waals surface area (Å²) in [4.78, 5) is 22.6. The van der Waals surface area contributed by atoms with Crippen molar-refractivity contribution in [2.45, 2.75) is 17.3 Å². The molecule has 0 aromatic carbocycles. The number of hydrogen-bond acceptors (Lipinski definition) is 3. The first-order chi connectivity index (χ1) is 5.79. The normalized spacial score (nSPS) is 30.3. The number of hydrogen-bond donors (Lipinski definition) is 0. The second-order valence-electron chi connectivity index (χ2n) is 2.73. The molecular formula is C8H8O2STe. The Morgan fingerprint density at radius 3 is 2.50 bits per heavy atom. The molecule has 0 amide bonds. The molecule has 0 spiro atoms. The number of rotatable bonds is 0. The monoisotopic (exact) mass is 298 g/mol. The Morgan fingerprint density at radius 2 is 2.00 bits per heavy atom. The molecule has 0 aliphatic carbocycles. The molecule has 0 radical (unpaired) electrons. The second-order valence-corrected chi connectivity index (χ2v) is 6.84. The van der Waals surface area contributed by atoms with Gasteiger partial charge in [0.05, 0.1) is 0 Å². The van der Waals surface area contributed by atoms with Crippen molar-refractivity contribution < 1.29 is 9.59 Å². The molecule has 0 aromatic rings. The summed E-state index contributed by atoms with van der Waals surface area (Å²) in [6.07, 6.45) is 1.72. The van der Waals surface area contributed by atoms with Crippen molar-refractivity contribution in [3.05, 3.63) is 11.1 Å². The van der Waals surface area contributed by atoms with Crippen LogP contribution in [0.5, 0.6) is 0 Å². The number of carbonyl (C=O) groups is 2. The number of thioether (sulfide) groups is 1. The predicted octanol–water partition coefficient (Wildman–Crippen LogP) is 0.999.